The molecule has 1 fully saturated rings. The van der Waals surface area contributed by atoms with Gasteiger partial charge >= 0.3 is 6.18 Å². The summed E-state index contributed by atoms with van der Waals surface area (Å²) in [5.74, 6) is 0. The summed E-state index contributed by atoms with van der Waals surface area (Å²) in [6, 6.07) is 0. The number of halogens is 4. The van der Waals surface area contributed by atoms with E-state index in [0.29, 0.717) is 13.0 Å². The van der Waals surface area contributed by atoms with Gasteiger partial charge in [0.25, 0.3) is 0 Å². The van der Waals surface area contributed by atoms with Crippen molar-refractivity contribution < 1.29 is 17.9 Å². The van der Waals surface area contributed by atoms with E-state index in [2.05, 4.69) is 10.1 Å². The van der Waals surface area contributed by atoms with Crippen molar-refractivity contribution in [3.63, 3.8) is 0 Å². The molecule has 1 atom stereocenters. The molecule has 1 N–H and O–H groups in total. The summed E-state index contributed by atoms with van der Waals surface area (Å²) in [5.41, 5.74) is 0. The van der Waals surface area contributed by atoms with E-state index in [1.54, 1.807) is 0 Å². The zero-order chi connectivity index (χ0) is 8.32. The van der Waals surface area contributed by atoms with Crippen LogP contribution in [0.2, 0.25) is 0 Å². The molecule has 0 aromatic heterocycles. The van der Waals surface area contributed by atoms with Crippen molar-refractivity contribution in [3.05, 3.63) is 0 Å². The Hall–Kier alpha value is 0.190. The van der Waals surface area contributed by atoms with Gasteiger partial charge in [0.2, 0.25) is 0 Å². The van der Waals surface area contributed by atoms with Crippen LogP contribution in [0.25, 0.3) is 0 Å². The molecular weight excluding hydrogens is 239 g/mol. The third kappa shape index (κ3) is 3.73. The summed E-state index contributed by atoms with van der Waals surface area (Å²) in [7, 11) is 0. The molecule has 12 heavy (non-hydrogen) atoms. The van der Waals surface area contributed by atoms with E-state index < -0.39 is 12.3 Å². The number of ether oxygens (including phenoxy) is 1. The molecule has 1 aliphatic rings. The fraction of sp³-hybridized carbons (Fsp3) is 1.00. The van der Waals surface area contributed by atoms with Crippen LogP contribution in [0.15, 0.2) is 0 Å². The molecule has 0 aromatic rings. The maximum Gasteiger partial charge on any atom is 0.415 e. The first-order valence-electron chi connectivity index (χ1n) is 3.50. The minimum atomic E-state index is -4.22. The van der Waals surface area contributed by atoms with E-state index in [1.165, 1.54) is 0 Å². The van der Waals surface area contributed by atoms with Gasteiger partial charge in [0, 0.05) is 13.2 Å². The van der Waals surface area contributed by atoms with Crippen molar-refractivity contribution >= 4 is 17.0 Å². The molecule has 1 unspecified atom stereocenters. The van der Waals surface area contributed by atoms with E-state index in [-0.39, 0.29) is 30.1 Å². The minimum Gasteiger partial charge on any atom is -0.367 e. The zero-order valence-electron chi connectivity index (χ0n) is 6.36. The Balaban J connectivity index is 0.00000121. The molecule has 0 aliphatic carbocycles. The molecule has 0 radical (unpaired) electrons. The Morgan fingerprint density at radius 1 is 1.33 bits per heavy atom. The van der Waals surface area contributed by atoms with Crippen LogP contribution in [0.1, 0.15) is 6.42 Å². The summed E-state index contributed by atoms with van der Waals surface area (Å²) in [6.45, 7) is 0.674. The van der Waals surface area contributed by atoms with Gasteiger partial charge in [-0.15, -0.1) is 17.0 Å². The van der Waals surface area contributed by atoms with Gasteiger partial charge in [0.05, 0.1) is 0 Å². The van der Waals surface area contributed by atoms with Crippen LogP contribution in [0.3, 0.4) is 0 Å². The van der Waals surface area contributed by atoms with Gasteiger partial charge in [-0.1, -0.05) is 0 Å². The highest BCUT2D eigenvalue weighted by Crippen LogP contribution is 2.23. The molecule has 0 amide bonds. The Morgan fingerprint density at radius 3 is 2.58 bits per heavy atom. The lowest BCUT2D eigenvalue weighted by Crippen LogP contribution is -2.38. The van der Waals surface area contributed by atoms with Crippen molar-refractivity contribution in [2.45, 2.75) is 18.7 Å². The average Bonchev–Trinajstić information content (AvgIpc) is 2.10. The SMILES string of the molecule is Br.FC(F)(F)C1CNCCCO1. The maximum atomic E-state index is 12.0. The van der Waals surface area contributed by atoms with Gasteiger partial charge < -0.3 is 10.1 Å². The molecule has 2 nitrogen and oxygen atoms in total. The summed E-state index contributed by atoms with van der Waals surface area (Å²) in [4.78, 5) is 0. The van der Waals surface area contributed by atoms with Crippen molar-refractivity contribution in [1.82, 2.24) is 5.32 Å². The highest BCUT2D eigenvalue weighted by atomic mass is 79.9. The Bertz CT molecular complexity index is 122. The van der Waals surface area contributed by atoms with Gasteiger partial charge in [0.1, 0.15) is 0 Å². The highest BCUT2D eigenvalue weighted by molar-refractivity contribution is 8.93. The molecule has 0 aromatic carbocycles. The number of alkyl halides is 3. The highest BCUT2D eigenvalue weighted by Gasteiger charge is 2.40. The average molecular weight is 250 g/mol. The topological polar surface area (TPSA) is 21.3 Å². The summed E-state index contributed by atoms with van der Waals surface area (Å²) in [5, 5.41) is 2.66. The fourth-order valence-corrected chi connectivity index (χ4v) is 0.925. The molecule has 1 rings (SSSR count). The Kier molecular flexibility index (Phi) is 5.12. The standard InChI is InChI=1S/C6H10F3NO.BrH/c7-6(8,9)5-4-10-2-1-3-11-5;/h5,10H,1-4H2;1H. The maximum absolute atomic E-state index is 12.0. The second kappa shape index (κ2) is 5.04. The van der Waals surface area contributed by atoms with Crippen LogP contribution >= 0.6 is 17.0 Å². The lowest BCUT2D eigenvalue weighted by atomic mass is 10.3. The molecule has 1 saturated heterocycles. The normalized spacial score (nSPS) is 25.8. The summed E-state index contributed by atoms with van der Waals surface area (Å²) >= 11 is 0. The van der Waals surface area contributed by atoms with E-state index >= 15 is 0 Å². The van der Waals surface area contributed by atoms with Gasteiger partial charge in [-0.3, -0.25) is 0 Å². The fourth-order valence-electron chi connectivity index (χ4n) is 0.925. The molecule has 0 bridgehead atoms. The number of rotatable bonds is 0. The largest absolute Gasteiger partial charge is 0.415 e. The first-order chi connectivity index (χ1) is 5.11. The molecule has 6 heteroatoms. The lowest BCUT2D eigenvalue weighted by molar-refractivity contribution is -0.215. The van der Waals surface area contributed by atoms with E-state index in [4.69, 9.17) is 0 Å². The molecule has 1 heterocycles. The van der Waals surface area contributed by atoms with Crippen molar-refractivity contribution in [2.75, 3.05) is 19.7 Å². The monoisotopic (exact) mass is 249 g/mol. The van der Waals surface area contributed by atoms with E-state index in [1.807, 2.05) is 0 Å². The van der Waals surface area contributed by atoms with Gasteiger partial charge in [0.15, 0.2) is 6.10 Å². The predicted molar refractivity (Wildman–Crippen MR) is 43.6 cm³/mol. The summed E-state index contributed by atoms with van der Waals surface area (Å²) in [6.07, 6.45) is -5.20. The van der Waals surface area contributed by atoms with Crippen LogP contribution in [0.5, 0.6) is 0 Å². The quantitative estimate of drug-likeness (QED) is 0.703. The number of nitrogens with one attached hydrogen (secondary N) is 1. The number of hydrogen-bond acceptors (Lipinski definition) is 2. The van der Waals surface area contributed by atoms with Gasteiger partial charge in [-0.2, -0.15) is 13.2 Å². The molecular formula is C6H11BrF3NO. The minimum absolute atomic E-state index is 0. The molecule has 0 saturated carbocycles. The first-order valence-corrected chi connectivity index (χ1v) is 3.50. The second-order valence-electron chi connectivity index (χ2n) is 2.46. The molecule has 0 spiro atoms. The van der Waals surface area contributed by atoms with Crippen molar-refractivity contribution in [2.24, 2.45) is 0 Å². The summed E-state index contributed by atoms with van der Waals surface area (Å²) < 4.78 is 40.5. The van der Waals surface area contributed by atoms with Crippen LogP contribution in [-0.4, -0.2) is 32.0 Å². The predicted octanol–water partition coefficient (Wildman–Crippen LogP) is 1.51. The smallest absolute Gasteiger partial charge is 0.367 e. The Labute approximate surface area is 79.2 Å². The van der Waals surface area contributed by atoms with Crippen LogP contribution in [0, 0.1) is 0 Å². The van der Waals surface area contributed by atoms with Crippen LogP contribution in [-0.2, 0) is 4.74 Å². The second-order valence-corrected chi connectivity index (χ2v) is 2.46. The molecule has 74 valence electrons. The van der Waals surface area contributed by atoms with Crippen molar-refractivity contribution in [3.8, 4) is 0 Å². The van der Waals surface area contributed by atoms with E-state index in [9.17, 15) is 13.2 Å². The van der Waals surface area contributed by atoms with Gasteiger partial charge in [-0.25, -0.2) is 0 Å². The third-order valence-electron chi connectivity index (χ3n) is 1.51. The Morgan fingerprint density at radius 2 is 2.00 bits per heavy atom. The zero-order valence-corrected chi connectivity index (χ0v) is 8.07. The van der Waals surface area contributed by atoms with Gasteiger partial charge in [-0.05, 0) is 13.0 Å². The van der Waals surface area contributed by atoms with Crippen LogP contribution < -0.4 is 5.32 Å². The van der Waals surface area contributed by atoms with Crippen LogP contribution in [0.4, 0.5) is 13.2 Å². The van der Waals surface area contributed by atoms with Crippen molar-refractivity contribution in [1.29, 1.82) is 0 Å². The third-order valence-corrected chi connectivity index (χ3v) is 1.51. The first kappa shape index (κ1) is 12.2. The molecule has 1 aliphatic heterocycles. The van der Waals surface area contributed by atoms with E-state index in [0.717, 1.165) is 0 Å². The lowest BCUT2D eigenvalue weighted by Gasteiger charge is -2.17. The number of hydrogen-bond donors (Lipinski definition) is 1.